The predicted octanol–water partition coefficient (Wildman–Crippen LogP) is 9.88. The average molecular weight is 742 g/mol. The van der Waals surface area contributed by atoms with Crippen LogP contribution in [0, 0.1) is 17.9 Å². The van der Waals surface area contributed by atoms with Gasteiger partial charge in [0.15, 0.2) is 5.78 Å². The van der Waals surface area contributed by atoms with Crippen LogP contribution in [0.5, 0.6) is 0 Å². The van der Waals surface area contributed by atoms with E-state index in [0.717, 1.165) is 47.8 Å². The van der Waals surface area contributed by atoms with Gasteiger partial charge < -0.3 is 10.1 Å². The van der Waals surface area contributed by atoms with Crippen LogP contribution in [0.25, 0.3) is 32.9 Å². The molecule has 5 rings (SSSR count). The maximum Gasteiger partial charge on any atom is 0.162 e. The molecule has 4 aromatic rings. The number of benzene rings is 2. The van der Waals surface area contributed by atoms with Crippen LogP contribution in [0.1, 0.15) is 104 Å². The van der Waals surface area contributed by atoms with Crippen molar-refractivity contribution in [3.8, 4) is 11.3 Å². The number of aromatic nitrogens is 2. The standard InChI is InChI=1S/C24H21N2.C13H24O2.Ir/c1-14(2)17-10-16-7-9-26-23-18-13-21-15(6-5-8-25-21)11-19(18)24(3,4)20(12-17)22(16)23;1-5-10(6-2)12(14)9-13(15)11(7-3)8-4;/h5-12,14H,1-4H3;9-11,14H,5-8H2,1-4H3;/q-1;;/b;12-9-;. The number of nitrogens with zero attached hydrogens (tertiary/aromatic N) is 2. The van der Waals surface area contributed by atoms with Crippen LogP contribution in [0.2, 0.25) is 0 Å². The summed E-state index contributed by atoms with van der Waals surface area (Å²) in [6.07, 6.45) is 8.66. The molecule has 0 aliphatic heterocycles. The largest absolute Gasteiger partial charge is 0.512 e. The van der Waals surface area contributed by atoms with E-state index in [1.54, 1.807) is 0 Å². The summed E-state index contributed by atoms with van der Waals surface area (Å²) in [5, 5.41) is 13.4. The Hall–Kier alpha value is -2.88. The fraction of sp³-hybridized carbons (Fsp3) is 0.432. The van der Waals surface area contributed by atoms with Crippen molar-refractivity contribution in [2.45, 2.75) is 92.4 Å². The van der Waals surface area contributed by atoms with E-state index in [0.29, 0.717) is 5.92 Å². The number of rotatable bonds is 8. The van der Waals surface area contributed by atoms with Gasteiger partial charge in [-0.2, -0.15) is 0 Å². The fourth-order valence-corrected chi connectivity index (χ4v) is 6.01. The van der Waals surface area contributed by atoms with Gasteiger partial charge in [0.2, 0.25) is 0 Å². The van der Waals surface area contributed by atoms with Gasteiger partial charge in [0.1, 0.15) is 0 Å². The Morgan fingerprint density at radius 1 is 0.905 bits per heavy atom. The van der Waals surface area contributed by atoms with Crippen molar-refractivity contribution in [2.24, 2.45) is 11.8 Å². The van der Waals surface area contributed by atoms with Crippen LogP contribution in [-0.2, 0) is 30.3 Å². The molecule has 225 valence electrons. The van der Waals surface area contributed by atoms with Crippen molar-refractivity contribution >= 4 is 27.5 Å². The number of pyridine rings is 2. The van der Waals surface area contributed by atoms with E-state index >= 15 is 0 Å². The molecule has 0 saturated carbocycles. The Kier molecular flexibility index (Phi) is 11.3. The molecule has 2 aromatic carbocycles. The van der Waals surface area contributed by atoms with Gasteiger partial charge >= 0.3 is 0 Å². The molecule has 0 atom stereocenters. The van der Waals surface area contributed by atoms with Gasteiger partial charge in [-0.25, -0.2) is 0 Å². The zero-order chi connectivity index (χ0) is 29.9. The Balaban J connectivity index is 0.000000263. The third-order valence-corrected chi connectivity index (χ3v) is 8.87. The smallest absolute Gasteiger partial charge is 0.162 e. The van der Waals surface area contributed by atoms with Gasteiger partial charge in [0.05, 0.1) is 5.76 Å². The van der Waals surface area contributed by atoms with Gasteiger partial charge in [-0.15, -0.1) is 23.3 Å². The number of fused-ring (bicyclic) bond motifs is 3. The van der Waals surface area contributed by atoms with Crippen LogP contribution >= 0.6 is 0 Å². The van der Waals surface area contributed by atoms with Crippen molar-refractivity contribution in [3.05, 3.63) is 83.4 Å². The molecule has 42 heavy (non-hydrogen) atoms. The van der Waals surface area contributed by atoms with Crippen LogP contribution in [0.3, 0.4) is 0 Å². The number of aliphatic hydroxyl groups is 1. The zero-order valence-corrected chi connectivity index (χ0v) is 28.7. The van der Waals surface area contributed by atoms with E-state index in [1.807, 2.05) is 46.2 Å². The molecular formula is C37H45IrN2O2-. The second-order valence-corrected chi connectivity index (χ2v) is 12.1. The second kappa shape index (κ2) is 14.1. The summed E-state index contributed by atoms with van der Waals surface area (Å²) in [5.41, 5.74) is 6.97. The second-order valence-electron chi connectivity index (χ2n) is 12.1. The minimum Gasteiger partial charge on any atom is -0.512 e. The van der Waals surface area contributed by atoms with Crippen molar-refractivity contribution in [3.63, 3.8) is 0 Å². The summed E-state index contributed by atoms with van der Waals surface area (Å²) in [7, 11) is 0. The third-order valence-electron chi connectivity index (χ3n) is 8.87. The predicted molar refractivity (Wildman–Crippen MR) is 171 cm³/mol. The first-order valence-electron chi connectivity index (χ1n) is 15.3. The van der Waals surface area contributed by atoms with Crippen LogP contribution in [0.15, 0.2) is 60.6 Å². The van der Waals surface area contributed by atoms with Crippen LogP contribution in [-0.4, -0.2) is 20.9 Å². The minimum absolute atomic E-state index is 0. The molecule has 0 saturated heterocycles. The van der Waals surface area contributed by atoms with Gasteiger partial charge in [-0.1, -0.05) is 85.0 Å². The van der Waals surface area contributed by atoms with Gasteiger partial charge in [0, 0.05) is 50.4 Å². The minimum atomic E-state index is -0.102. The molecule has 1 radical (unpaired) electrons. The van der Waals surface area contributed by atoms with Crippen LogP contribution < -0.4 is 0 Å². The number of ketones is 1. The van der Waals surface area contributed by atoms with Crippen molar-refractivity contribution < 1.29 is 30.0 Å². The molecule has 0 unspecified atom stereocenters. The molecular weight excluding hydrogens is 697 g/mol. The third kappa shape index (κ3) is 6.53. The Bertz CT molecular complexity index is 1580. The number of hydrogen-bond acceptors (Lipinski definition) is 4. The maximum atomic E-state index is 11.7. The number of carbonyl (C=O) groups excluding carboxylic acids is 1. The van der Waals surface area contributed by atoms with E-state index in [-0.39, 0.29) is 48.9 Å². The Morgan fingerprint density at radius 3 is 2.19 bits per heavy atom. The molecule has 1 aliphatic rings. The molecule has 0 amide bonds. The number of allylic oxidation sites excluding steroid dienone is 2. The molecule has 0 bridgehead atoms. The Labute approximate surface area is 265 Å². The number of carbonyl (C=O) groups is 1. The summed E-state index contributed by atoms with van der Waals surface area (Å²) < 4.78 is 0. The zero-order valence-electron chi connectivity index (χ0n) is 26.3. The summed E-state index contributed by atoms with van der Waals surface area (Å²) in [6, 6.07) is 16.8. The first-order chi connectivity index (χ1) is 19.6. The van der Waals surface area contributed by atoms with Crippen LogP contribution in [0.4, 0.5) is 0 Å². The first kappa shape index (κ1) is 33.6. The summed E-state index contributed by atoms with van der Waals surface area (Å²) in [6.45, 7) is 17.2. The molecule has 0 fully saturated rings. The molecule has 1 N–H and O–H groups in total. The van der Waals surface area contributed by atoms with Gasteiger partial charge in [-0.3, -0.25) is 9.78 Å². The summed E-state index contributed by atoms with van der Waals surface area (Å²) in [4.78, 5) is 21.0. The summed E-state index contributed by atoms with van der Waals surface area (Å²) >= 11 is 0. The fourth-order valence-electron chi connectivity index (χ4n) is 6.01. The number of hydrogen-bond donors (Lipinski definition) is 1. The van der Waals surface area contributed by atoms with Gasteiger partial charge in [-0.05, 0) is 76.2 Å². The summed E-state index contributed by atoms with van der Waals surface area (Å²) in [5.74, 6) is 1.04. The normalized spacial score (nSPS) is 13.6. The van der Waals surface area contributed by atoms with Crippen molar-refractivity contribution in [1.29, 1.82) is 0 Å². The van der Waals surface area contributed by atoms with E-state index in [2.05, 4.69) is 69.1 Å². The molecule has 2 aromatic heterocycles. The van der Waals surface area contributed by atoms with Crippen molar-refractivity contribution in [1.82, 2.24) is 9.97 Å². The molecule has 0 spiro atoms. The topological polar surface area (TPSA) is 63.1 Å². The molecule has 5 heteroatoms. The monoisotopic (exact) mass is 742 g/mol. The van der Waals surface area contributed by atoms with E-state index in [1.165, 1.54) is 33.5 Å². The van der Waals surface area contributed by atoms with Crippen molar-refractivity contribution in [2.75, 3.05) is 0 Å². The average Bonchev–Trinajstić information content (AvgIpc) is 2.96. The van der Waals surface area contributed by atoms with E-state index < -0.39 is 0 Å². The Morgan fingerprint density at radius 2 is 1.57 bits per heavy atom. The quantitative estimate of drug-likeness (QED) is 0.111. The first-order valence-corrected chi connectivity index (χ1v) is 15.3. The maximum absolute atomic E-state index is 11.7. The molecule has 2 heterocycles. The molecule has 1 aliphatic carbocycles. The van der Waals surface area contributed by atoms with Gasteiger partial charge in [0.25, 0.3) is 0 Å². The SMILES string of the molecule is CC(C)c1cc2c3c(nccc3c1)-c1[c-]c3ncccc3cc1C2(C)C.CCC(CC)C(=O)/C=C(\O)C(CC)CC.[Ir]. The van der Waals surface area contributed by atoms with E-state index in [4.69, 9.17) is 4.98 Å². The van der Waals surface area contributed by atoms with E-state index in [9.17, 15) is 9.90 Å². The number of aliphatic hydroxyl groups excluding tert-OH is 1. The molecule has 4 nitrogen and oxygen atoms in total.